The highest BCUT2D eigenvalue weighted by Gasteiger charge is 2.71. The topological polar surface area (TPSA) is 124 Å². The molecule has 2 saturated heterocycles. The van der Waals surface area contributed by atoms with Crippen molar-refractivity contribution in [1.82, 2.24) is 0 Å². The van der Waals surface area contributed by atoms with E-state index in [2.05, 4.69) is 13.8 Å². The third-order valence-corrected chi connectivity index (χ3v) is 15.5. The Labute approximate surface area is 340 Å². The average Bonchev–Trinajstić information content (AvgIpc) is 3.38. The highest BCUT2D eigenvalue weighted by molar-refractivity contribution is 5.91. The van der Waals surface area contributed by atoms with Crippen molar-refractivity contribution in [3.8, 4) is 0 Å². The maximum atomic E-state index is 13.8. The smallest absolute Gasteiger partial charge is 0.338 e. The molecule has 6 fully saturated rings. The molecule has 0 unspecified atom stereocenters. The predicted molar refractivity (Wildman–Crippen MR) is 211 cm³/mol. The van der Waals surface area contributed by atoms with Crippen LogP contribution in [0.1, 0.15) is 116 Å². The second kappa shape index (κ2) is 15.2. The van der Waals surface area contributed by atoms with Crippen molar-refractivity contribution in [1.29, 1.82) is 0 Å². The summed E-state index contributed by atoms with van der Waals surface area (Å²) in [6.45, 7) is 6.60. The van der Waals surface area contributed by atoms with Crippen LogP contribution >= 0.6 is 0 Å². The minimum Gasteiger partial charge on any atom is -0.458 e. The number of hydrogen-bond donors (Lipinski definition) is 0. The van der Waals surface area contributed by atoms with Gasteiger partial charge < -0.3 is 28.4 Å². The second-order valence-corrected chi connectivity index (χ2v) is 18.2. The highest BCUT2D eigenvalue weighted by atomic mass is 16.7. The molecule has 0 radical (unpaired) electrons. The number of esters is 4. The predicted octanol–water partition coefficient (Wildman–Crippen LogP) is 8.52. The number of ether oxygens (including phenoxy) is 6. The summed E-state index contributed by atoms with van der Waals surface area (Å²) in [5.41, 5.74) is 0.672. The van der Waals surface area contributed by atoms with E-state index in [1.807, 2.05) is 0 Å². The first-order valence-electron chi connectivity index (χ1n) is 21.3. The Morgan fingerprint density at radius 1 is 0.621 bits per heavy atom. The lowest BCUT2D eigenvalue weighted by Crippen LogP contribution is -2.65. The van der Waals surface area contributed by atoms with E-state index >= 15 is 0 Å². The molecule has 13 atom stereocenters. The SMILES string of the molecule is C[C@@H]1O[C@@H](O[C@H]2CC[C@@]3(C)[C@H](CC[C@@H]4[C@@H]3CC[C@]3(C)[C@@H]5CC[C@]43OC(=O)C5)C2)[C@H](OC(=O)c2ccccc2)[C@H](OC(=O)c2ccccc2)[C@H]1OC(=O)c1ccccc1. The minimum atomic E-state index is -1.28. The fraction of sp³-hybridized carbons (Fsp3) is 0.542. The zero-order valence-electron chi connectivity index (χ0n) is 33.6. The second-order valence-electron chi connectivity index (χ2n) is 18.2. The lowest BCUT2D eigenvalue weighted by atomic mass is 9.43. The van der Waals surface area contributed by atoms with E-state index in [4.69, 9.17) is 28.4 Å². The minimum absolute atomic E-state index is 0.0148. The summed E-state index contributed by atoms with van der Waals surface area (Å²) in [4.78, 5) is 54.1. The van der Waals surface area contributed by atoms with Crippen molar-refractivity contribution in [2.75, 3.05) is 0 Å². The van der Waals surface area contributed by atoms with E-state index in [1.165, 1.54) is 0 Å². The van der Waals surface area contributed by atoms with Gasteiger partial charge in [-0.05, 0) is 124 Å². The first-order valence-corrected chi connectivity index (χ1v) is 21.3. The quantitative estimate of drug-likeness (QED) is 0.125. The lowest BCUT2D eigenvalue weighted by Gasteiger charge is -2.65. The standard InChI is InChI=1S/C48H54O10/c1-29-39(55-42(50)30-13-7-4-8-14-30)40(56-43(51)31-15-9-5-10-16-31)41(57-44(52)32-17-11-6-12-18-32)45(53-29)54-35-22-24-46(2)33(27-35)19-20-37-36(46)23-25-47(3)34-21-26-48(37,47)58-38(49)28-34/h4-18,29,33-37,39-41,45H,19-28H2,1-3H3/t29-,33+,34+,35-,36-,37+,39-,40+,41+,45-,46-,47+,48-/m0/s1. The van der Waals surface area contributed by atoms with E-state index in [1.54, 1.807) is 97.9 Å². The van der Waals surface area contributed by atoms with Crippen LogP contribution in [0, 0.1) is 34.5 Å². The molecule has 6 aliphatic rings. The van der Waals surface area contributed by atoms with Gasteiger partial charge in [-0.25, -0.2) is 14.4 Å². The molecule has 4 saturated carbocycles. The van der Waals surface area contributed by atoms with Gasteiger partial charge in [-0.2, -0.15) is 0 Å². The van der Waals surface area contributed by atoms with Crippen molar-refractivity contribution in [3.05, 3.63) is 108 Å². The molecule has 58 heavy (non-hydrogen) atoms. The fourth-order valence-corrected chi connectivity index (χ4v) is 12.4. The zero-order chi connectivity index (χ0) is 40.2. The molecule has 10 heteroatoms. The van der Waals surface area contributed by atoms with Gasteiger partial charge in [0, 0.05) is 17.8 Å². The van der Waals surface area contributed by atoms with Crippen LogP contribution in [-0.2, 0) is 33.2 Å². The van der Waals surface area contributed by atoms with Gasteiger partial charge in [0.25, 0.3) is 0 Å². The molecule has 2 heterocycles. The van der Waals surface area contributed by atoms with Gasteiger partial charge >= 0.3 is 23.9 Å². The van der Waals surface area contributed by atoms with Gasteiger partial charge in [-0.3, -0.25) is 4.79 Å². The first-order chi connectivity index (χ1) is 28.0. The van der Waals surface area contributed by atoms with Crippen LogP contribution < -0.4 is 0 Å². The average molecular weight is 791 g/mol. The van der Waals surface area contributed by atoms with Crippen LogP contribution in [0.3, 0.4) is 0 Å². The normalized spacial score (nSPS) is 38.8. The van der Waals surface area contributed by atoms with Crippen LogP contribution in [0.15, 0.2) is 91.0 Å². The van der Waals surface area contributed by atoms with E-state index in [9.17, 15) is 19.2 Å². The van der Waals surface area contributed by atoms with Gasteiger partial charge in [0.05, 0.1) is 28.9 Å². The number of rotatable bonds is 8. The monoisotopic (exact) mass is 790 g/mol. The molecule has 0 N–H and O–H groups in total. The fourth-order valence-electron chi connectivity index (χ4n) is 12.4. The Hall–Kier alpha value is -4.54. The summed E-state index contributed by atoms with van der Waals surface area (Å²) < 4.78 is 38.5. The molecule has 2 bridgehead atoms. The van der Waals surface area contributed by atoms with Crippen LogP contribution in [0.2, 0.25) is 0 Å². The van der Waals surface area contributed by atoms with E-state index in [0.717, 1.165) is 57.8 Å². The molecule has 0 spiro atoms. The molecule has 2 aliphatic heterocycles. The molecule has 3 aromatic carbocycles. The summed E-state index contributed by atoms with van der Waals surface area (Å²) in [6, 6.07) is 25.7. The van der Waals surface area contributed by atoms with Gasteiger partial charge in [0.2, 0.25) is 0 Å². The number of fused-ring (bicyclic) bond motifs is 3. The van der Waals surface area contributed by atoms with Gasteiger partial charge in [-0.1, -0.05) is 68.4 Å². The van der Waals surface area contributed by atoms with Crippen molar-refractivity contribution in [2.24, 2.45) is 34.5 Å². The molecule has 306 valence electrons. The molecule has 9 rings (SSSR count). The van der Waals surface area contributed by atoms with Crippen LogP contribution in [0.25, 0.3) is 0 Å². The van der Waals surface area contributed by atoms with Crippen LogP contribution in [-0.4, -0.2) is 66.3 Å². The largest absolute Gasteiger partial charge is 0.458 e. The van der Waals surface area contributed by atoms with Crippen LogP contribution in [0.4, 0.5) is 0 Å². The van der Waals surface area contributed by atoms with E-state index in [-0.39, 0.29) is 28.5 Å². The van der Waals surface area contributed by atoms with Crippen molar-refractivity contribution in [3.63, 3.8) is 0 Å². The van der Waals surface area contributed by atoms with Gasteiger partial charge in [-0.15, -0.1) is 0 Å². The Morgan fingerprint density at radius 3 is 1.79 bits per heavy atom. The van der Waals surface area contributed by atoms with Crippen molar-refractivity contribution in [2.45, 2.75) is 127 Å². The highest BCUT2D eigenvalue weighted by Crippen LogP contribution is 2.72. The summed E-state index contributed by atoms with van der Waals surface area (Å²) in [5.74, 6) is -0.344. The van der Waals surface area contributed by atoms with Gasteiger partial charge in [0.1, 0.15) is 5.60 Å². The Bertz CT molecular complexity index is 2010. The summed E-state index contributed by atoms with van der Waals surface area (Å²) in [6.07, 6.45) is 3.54. The van der Waals surface area contributed by atoms with E-state index in [0.29, 0.717) is 46.8 Å². The summed E-state index contributed by atoms with van der Waals surface area (Å²) >= 11 is 0. The number of carbonyl (C=O) groups excluding carboxylic acids is 4. The number of hydrogen-bond acceptors (Lipinski definition) is 10. The maximum Gasteiger partial charge on any atom is 0.338 e. The molecule has 0 amide bonds. The van der Waals surface area contributed by atoms with Crippen LogP contribution in [0.5, 0.6) is 0 Å². The van der Waals surface area contributed by atoms with Gasteiger partial charge in [0.15, 0.2) is 24.6 Å². The Morgan fingerprint density at radius 2 is 1.19 bits per heavy atom. The summed E-state index contributed by atoms with van der Waals surface area (Å²) in [5, 5.41) is 0. The van der Waals surface area contributed by atoms with Crippen molar-refractivity contribution < 1.29 is 47.6 Å². The van der Waals surface area contributed by atoms with Crippen molar-refractivity contribution >= 4 is 23.9 Å². The Kier molecular flexibility index (Phi) is 10.2. The third-order valence-electron chi connectivity index (χ3n) is 15.5. The molecular formula is C48H54O10. The number of carbonyl (C=O) groups is 4. The number of benzene rings is 3. The molecule has 0 aromatic heterocycles. The molecule has 10 nitrogen and oxygen atoms in total. The van der Waals surface area contributed by atoms with E-state index < -0.39 is 48.6 Å². The Balaban J connectivity index is 0.987. The lowest BCUT2D eigenvalue weighted by molar-refractivity contribution is -0.308. The summed E-state index contributed by atoms with van der Waals surface area (Å²) in [7, 11) is 0. The third kappa shape index (κ3) is 6.64. The maximum absolute atomic E-state index is 13.8. The zero-order valence-corrected chi connectivity index (χ0v) is 33.6. The molecular weight excluding hydrogens is 737 g/mol. The first kappa shape index (κ1) is 38.9. The molecule has 3 aromatic rings. The molecule has 4 aliphatic carbocycles.